The summed E-state index contributed by atoms with van der Waals surface area (Å²) in [5, 5.41) is 0. The molecule has 38 heavy (non-hydrogen) atoms. The molecule has 1 fully saturated rings. The smallest absolute Gasteiger partial charge is 0.410 e. The predicted octanol–water partition coefficient (Wildman–Crippen LogP) is 4.08. The number of ether oxygens (including phenoxy) is 3. The summed E-state index contributed by atoms with van der Waals surface area (Å²) in [6.45, 7) is 9.71. The van der Waals surface area contributed by atoms with Crippen LogP contribution >= 0.6 is 0 Å². The van der Waals surface area contributed by atoms with Gasteiger partial charge in [0.05, 0.1) is 6.54 Å². The Morgan fingerprint density at radius 2 is 0.974 bits per heavy atom. The number of esters is 1. The van der Waals surface area contributed by atoms with Crippen LogP contribution in [0.15, 0.2) is 0 Å². The van der Waals surface area contributed by atoms with Crippen molar-refractivity contribution in [3.8, 4) is 5.75 Å². The highest BCUT2D eigenvalue weighted by molar-refractivity contribution is 5.74. The van der Waals surface area contributed by atoms with E-state index in [2.05, 4.69) is 4.74 Å². The van der Waals surface area contributed by atoms with Gasteiger partial charge in [0.2, 0.25) is 34.8 Å². The van der Waals surface area contributed by atoms with Gasteiger partial charge in [0, 0.05) is 39.3 Å². The lowest BCUT2D eigenvalue weighted by Crippen LogP contribution is -2.44. The van der Waals surface area contributed by atoms with Crippen molar-refractivity contribution in [1.82, 2.24) is 14.7 Å². The normalized spacial score (nSPS) is 15.9. The van der Waals surface area contributed by atoms with Crippen LogP contribution in [0.3, 0.4) is 0 Å². The zero-order chi connectivity index (χ0) is 29.0. The Labute approximate surface area is 217 Å². The maximum absolute atomic E-state index is 13.9. The molecule has 0 aliphatic carbocycles. The molecule has 214 valence electrons. The highest BCUT2D eigenvalue weighted by atomic mass is 19.2. The van der Waals surface area contributed by atoms with E-state index in [1.54, 1.807) is 41.5 Å². The third kappa shape index (κ3) is 8.71. The molecular weight excluding hydrogens is 521 g/mol. The number of hydrogen-bond donors (Lipinski definition) is 0. The minimum absolute atomic E-state index is 0.0346. The van der Waals surface area contributed by atoms with Crippen molar-refractivity contribution in [3.05, 3.63) is 29.1 Å². The standard InChI is InChI=1S/C24H32F5N3O6/c1-23(2,3)37-21(34)31-9-7-30(8-10-32(12-11-31)22(35)38-24(4,5)6)13-14(33)36-20-18(28)16(26)15(25)17(27)19(20)29/h7-13H2,1-6H3. The number of amides is 2. The quantitative estimate of drug-likeness (QED) is 0.183. The van der Waals surface area contributed by atoms with Gasteiger partial charge in [-0.05, 0) is 41.5 Å². The van der Waals surface area contributed by atoms with Crippen molar-refractivity contribution in [2.24, 2.45) is 0 Å². The Bertz CT molecular complexity index is 988. The molecule has 0 saturated carbocycles. The van der Waals surface area contributed by atoms with Crippen molar-refractivity contribution < 1.29 is 50.5 Å². The van der Waals surface area contributed by atoms with Crippen LogP contribution in [0.2, 0.25) is 0 Å². The van der Waals surface area contributed by atoms with E-state index in [1.807, 2.05) is 0 Å². The number of carbonyl (C=O) groups excluding carboxylic acids is 3. The molecule has 1 aliphatic heterocycles. The fraction of sp³-hybridized carbons (Fsp3) is 0.625. The zero-order valence-corrected chi connectivity index (χ0v) is 22.1. The van der Waals surface area contributed by atoms with E-state index in [0.717, 1.165) is 0 Å². The van der Waals surface area contributed by atoms with Crippen molar-refractivity contribution in [2.75, 3.05) is 45.8 Å². The Hall–Kier alpha value is -3.16. The van der Waals surface area contributed by atoms with Gasteiger partial charge in [0.1, 0.15) is 11.2 Å². The minimum atomic E-state index is -2.38. The third-order valence-corrected chi connectivity index (χ3v) is 5.05. The van der Waals surface area contributed by atoms with Gasteiger partial charge in [0.25, 0.3) is 0 Å². The largest absolute Gasteiger partial charge is 0.444 e. The third-order valence-electron chi connectivity index (χ3n) is 5.05. The fourth-order valence-corrected chi connectivity index (χ4v) is 3.28. The fourth-order valence-electron chi connectivity index (χ4n) is 3.28. The molecule has 0 unspecified atom stereocenters. The molecule has 2 amide bonds. The van der Waals surface area contributed by atoms with Gasteiger partial charge in [-0.2, -0.15) is 8.78 Å². The van der Waals surface area contributed by atoms with Crippen molar-refractivity contribution >= 4 is 18.2 Å². The van der Waals surface area contributed by atoms with E-state index in [-0.39, 0.29) is 39.3 Å². The molecule has 1 aromatic rings. The number of benzene rings is 1. The lowest BCUT2D eigenvalue weighted by Gasteiger charge is -2.30. The molecule has 0 radical (unpaired) electrons. The lowest BCUT2D eigenvalue weighted by molar-refractivity contribution is -0.136. The Balaban J connectivity index is 2.23. The van der Waals surface area contributed by atoms with Crippen LogP contribution in [-0.2, 0) is 14.3 Å². The van der Waals surface area contributed by atoms with Crippen LogP contribution in [0, 0.1) is 29.1 Å². The van der Waals surface area contributed by atoms with Gasteiger partial charge in [-0.1, -0.05) is 0 Å². The predicted molar refractivity (Wildman–Crippen MR) is 124 cm³/mol. The summed E-state index contributed by atoms with van der Waals surface area (Å²) in [6.07, 6.45) is -1.35. The van der Waals surface area contributed by atoms with Gasteiger partial charge in [0.15, 0.2) is 0 Å². The molecule has 2 rings (SSSR count). The average molecular weight is 554 g/mol. The molecule has 0 spiro atoms. The monoisotopic (exact) mass is 553 g/mol. The second-order valence-electron chi connectivity index (χ2n) is 10.6. The Morgan fingerprint density at radius 3 is 1.34 bits per heavy atom. The van der Waals surface area contributed by atoms with Gasteiger partial charge >= 0.3 is 18.2 Å². The molecule has 0 N–H and O–H groups in total. The molecule has 1 aromatic carbocycles. The Kier molecular flexibility index (Phi) is 9.92. The number of carbonyl (C=O) groups is 3. The Morgan fingerprint density at radius 1 is 0.632 bits per heavy atom. The lowest BCUT2D eigenvalue weighted by atomic mass is 10.2. The molecule has 0 aromatic heterocycles. The first-order valence-electron chi connectivity index (χ1n) is 11.8. The number of halogens is 5. The van der Waals surface area contributed by atoms with Crippen molar-refractivity contribution in [1.29, 1.82) is 0 Å². The van der Waals surface area contributed by atoms with Crippen LogP contribution in [-0.4, -0.2) is 89.9 Å². The molecule has 1 saturated heterocycles. The summed E-state index contributed by atoms with van der Waals surface area (Å²) in [7, 11) is 0. The minimum Gasteiger partial charge on any atom is -0.444 e. The molecule has 14 heteroatoms. The second kappa shape index (κ2) is 12.1. The van der Waals surface area contributed by atoms with Gasteiger partial charge in [-0.15, -0.1) is 0 Å². The second-order valence-corrected chi connectivity index (χ2v) is 10.6. The highest BCUT2D eigenvalue weighted by Gasteiger charge is 2.31. The summed E-state index contributed by atoms with van der Waals surface area (Å²) in [5.41, 5.74) is -1.62. The first kappa shape index (κ1) is 31.1. The number of nitrogens with zero attached hydrogens (tertiary/aromatic N) is 3. The van der Waals surface area contributed by atoms with Crippen molar-refractivity contribution in [3.63, 3.8) is 0 Å². The highest BCUT2D eigenvalue weighted by Crippen LogP contribution is 2.29. The van der Waals surface area contributed by atoms with Gasteiger partial charge in [-0.3, -0.25) is 9.69 Å². The van der Waals surface area contributed by atoms with Gasteiger partial charge < -0.3 is 24.0 Å². The van der Waals surface area contributed by atoms with Gasteiger partial charge in [-0.25, -0.2) is 22.8 Å². The van der Waals surface area contributed by atoms with Crippen LogP contribution in [0.4, 0.5) is 31.5 Å². The summed E-state index contributed by atoms with van der Waals surface area (Å²) < 4.78 is 83.4. The van der Waals surface area contributed by atoms with E-state index in [0.29, 0.717) is 0 Å². The van der Waals surface area contributed by atoms with Crippen LogP contribution in [0.25, 0.3) is 0 Å². The molecule has 1 aliphatic rings. The summed E-state index contributed by atoms with van der Waals surface area (Å²) >= 11 is 0. The van der Waals surface area contributed by atoms with E-state index in [1.165, 1.54) is 14.7 Å². The number of rotatable bonds is 3. The SMILES string of the molecule is CC(C)(C)OC(=O)N1CCN(CC(=O)Oc2c(F)c(F)c(F)c(F)c2F)CCN(C(=O)OC(C)(C)C)CC1. The van der Waals surface area contributed by atoms with E-state index in [4.69, 9.17) is 9.47 Å². The molecule has 9 nitrogen and oxygen atoms in total. The van der Waals surface area contributed by atoms with E-state index in [9.17, 15) is 36.3 Å². The summed E-state index contributed by atoms with van der Waals surface area (Å²) in [5.74, 6) is -14.5. The maximum atomic E-state index is 13.9. The molecule has 0 atom stereocenters. The molecule has 1 heterocycles. The maximum Gasteiger partial charge on any atom is 0.410 e. The van der Waals surface area contributed by atoms with Crippen LogP contribution in [0.5, 0.6) is 5.75 Å². The van der Waals surface area contributed by atoms with Crippen LogP contribution in [0.1, 0.15) is 41.5 Å². The topological polar surface area (TPSA) is 88.6 Å². The van der Waals surface area contributed by atoms with E-state index >= 15 is 0 Å². The summed E-state index contributed by atoms with van der Waals surface area (Å²) in [4.78, 5) is 41.9. The van der Waals surface area contributed by atoms with Crippen molar-refractivity contribution in [2.45, 2.75) is 52.7 Å². The first-order chi connectivity index (χ1) is 17.4. The summed E-state index contributed by atoms with van der Waals surface area (Å²) in [6, 6.07) is 0. The van der Waals surface area contributed by atoms with E-state index < -0.39 is 70.7 Å². The first-order valence-corrected chi connectivity index (χ1v) is 11.8. The molecule has 0 bridgehead atoms. The zero-order valence-electron chi connectivity index (χ0n) is 22.1. The number of hydrogen-bond acceptors (Lipinski definition) is 7. The molecular formula is C24H32F5N3O6. The average Bonchev–Trinajstić information content (AvgIpc) is 2.88. The van der Waals surface area contributed by atoms with Crippen LogP contribution < -0.4 is 4.74 Å².